The van der Waals surface area contributed by atoms with Gasteiger partial charge in [0, 0.05) is 28.3 Å². The summed E-state index contributed by atoms with van der Waals surface area (Å²) in [4.78, 5) is 63.1. The second-order valence-electron chi connectivity index (χ2n) is 9.07. The van der Waals surface area contributed by atoms with Gasteiger partial charge in [0.1, 0.15) is 11.7 Å². The highest BCUT2D eigenvalue weighted by Crippen LogP contribution is 2.52. The summed E-state index contributed by atoms with van der Waals surface area (Å²) in [6.45, 7) is 3.20. The van der Waals surface area contributed by atoms with Gasteiger partial charge in [-0.05, 0) is 31.5 Å². The molecule has 0 bridgehead atoms. The molecular weight excluding hydrogens is 494 g/mol. The Kier molecular flexibility index (Phi) is 6.71. The summed E-state index contributed by atoms with van der Waals surface area (Å²) in [5, 5.41) is 40.7. The SMILES string of the molecule is CC(O)[C@H]1C(=O)N2C(C(=O)O)=C(S[C@H]3C[C@@H](C(=O)Nc4cccc(C(=O)O)c4)N(C(=O)O)C3)[C@H](C)[C@H]12. The standard InChI is InChI=1S/C23H25N3O9S/c1-9-16-15(10(2)27)20(29)26(16)17(22(32)33)18(9)36-13-7-14(25(8-13)23(34)35)19(28)24-12-5-3-4-11(6-12)21(30)31/h3-6,9-10,13-16,27H,7-8H2,1-2H3,(H,24,28)(H,30,31)(H,32,33)(H,34,35)/t9-,10?,13+,14+,15-,16-/m1/s1. The monoisotopic (exact) mass is 519 g/mol. The smallest absolute Gasteiger partial charge is 0.408 e. The molecular formula is C23H25N3O9S. The number of carboxylic acids is 2. The molecule has 0 aromatic heterocycles. The molecule has 6 atom stereocenters. The van der Waals surface area contributed by atoms with Crippen molar-refractivity contribution in [2.75, 3.05) is 11.9 Å². The summed E-state index contributed by atoms with van der Waals surface area (Å²) >= 11 is 1.14. The quantitative estimate of drug-likeness (QED) is 0.329. The Morgan fingerprint density at radius 2 is 1.83 bits per heavy atom. The van der Waals surface area contributed by atoms with E-state index in [0.29, 0.717) is 4.91 Å². The zero-order chi connectivity index (χ0) is 26.5. The first-order chi connectivity index (χ1) is 16.9. The number of aliphatic hydroxyl groups is 1. The minimum atomic E-state index is -1.32. The predicted octanol–water partition coefficient (Wildman–Crippen LogP) is 1.33. The van der Waals surface area contributed by atoms with E-state index >= 15 is 0 Å². The normalized spacial score (nSPS) is 28.0. The summed E-state index contributed by atoms with van der Waals surface area (Å²) in [5.41, 5.74) is -0.00544. The van der Waals surface area contributed by atoms with Gasteiger partial charge < -0.3 is 30.6 Å². The number of carbonyl (C=O) groups is 5. The maximum Gasteiger partial charge on any atom is 0.408 e. The second kappa shape index (κ2) is 9.47. The van der Waals surface area contributed by atoms with Crippen LogP contribution in [0.25, 0.3) is 0 Å². The van der Waals surface area contributed by atoms with Crippen molar-refractivity contribution in [1.29, 1.82) is 0 Å². The number of β-lactam (4-membered cyclic amide) rings is 1. The van der Waals surface area contributed by atoms with E-state index in [9.17, 15) is 39.3 Å². The number of anilines is 1. The number of fused-ring (bicyclic) bond motifs is 1. The van der Waals surface area contributed by atoms with Gasteiger partial charge in [0.2, 0.25) is 11.8 Å². The van der Waals surface area contributed by atoms with Gasteiger partial charge in [-0.25, -0.2) is 14.4 Å². The number of amides is 3. The van der Waals surface area contributed by atoms with Crippen LogP contribution in [0.15, 0.2) is 34.9 Å². The number of rotatable bonds is 7. The van der Waals surface area contributed by atoms with Crippen molar-refractivity contribution >= 4 is 47.3 Å². The first kappa shape index (κ1) is 25.5. The number of carboxylic acid groups (broad SMARTS) is 3. The molecule has 36 heavy (non-hydrogen) atoms. The highest BCUT2D eigenvalue weighted by atomic mass is 32.2. The molecule has 5 N–H and O–H groups in total. The topological polar surface area (TPSA) is 185 Å². The third-order valence-electron chi connectivity index (χ3n) is 6.79. The van der Waals surface area contributed by atoms with Crippen molar-refractivity contribution in [3.63, 3.8) is 0 Å². The fourth-order valence-electron chi connectivity index (χ4n) is 5.16. The molecule has 0 saturated carbocycles. The van der Waals surface area contributed by atoms with E-state index in [0.717, 1.165) is 16.7 Å². The van der Waals surface area contributed by atoms with Crippen LogP contribution in [0.2, 0.25) is 0 Å². The number of hydrogen-bond donors (Lipinski definition) is 5. The zero-order valence-corrected chi connectivity index (χ0v) is 20.1. The molecule has 3 aliphatic rings. The summed E-state index contributed by atoms with van der Waals surface area (Å²) in [6.07, 6.45) is -2.18. The molecule has 13 heteroatoms. The van der Waals surface area contributed by atoms with E-state index in [1.165, 1.54) is 36.1 Å². The van der Waals surface area contributed by atoms with Crippen LogP contribution in [0.3, 0.4) is 0 Å². The average Bonchev–Trinajstić information content (AvgIpc) is 3.32. The highest BCUT2D eigenvalue weighted by Gasteiger charge is 2.60. The lowest BCUT2D eigenvalue weighted by molar-refractivity contribution is -0.163. The van der Waals surface area contributed by atoms with Crippen molar-refractivity contribution in [3.05, 3.63) is 40.4 Å². The van der Waals surface area contributed by atoms with Crippen LogP contribution in [0.4, 0.5) is 10.5 Å². The van der Waals surface area contributed by atoms with E-state index in [4.69, 9.17) is 5.11 Å². The number of hydrogen-bond acceptors (Lipinski definition) is 7. The van der Waals surface area contributed by atoms with Gasteiger partial charge in [-0.1, -0.05) is 13.0 Å². The van der Waals surface area contributed by atoms with E-state index in [1.54, 1.807) is 6.92 Å². The van der Waals surface area contributed by atoms with Crippen LogP contribution in [0.5, 0.6) is 0 Å². The van der Waals surface area contributed by atoms with Gasteiger partial charge in [0.15, 0.2) is 0 Å². The number of thioether (sulfide) groups is 1. The number of nitrogens with one attached hydrogen (secondary N) is 1. The lowest BCUT2D eigenvalue weighted by Crippen LogP contribution is -2.63. The molecule has 1 unspecified atom stereocenters. The maximum absolute atomic E-state index is 12.9. The van der Waals surface area contributed by atoms with E-state index in [2.05, 4.69) is 5.32 Å². The molecule has 1 aromatic carbocycles. The van der Waals surface area contributed by atoms with Crippen molar-refractivity contribution in [1.82, 2.24) is 9.80 Å². The number of benzene rings is 1. The predicted molar refractivity (Wildman–Crippen MR) is 126 cm³/mol. The molecule has 3 amide bonds. The van der Waals surface area contributed by atoms with Crippen molar-refractivity contribution < 1.29 is 44.4 Å². The Bertz CT molecular complexity index is 1180. The Labute approximate surface area is 209 Å². The molecule has 12 nitrogen and oxygen atoms in total. The third kappa shape index (κ3) is 4.28. The fourth-order valence-corrected chi connectivity index (χ4v) is 6.68. The van der Waals surface area contributed by atoms with Gasteiger partial charge >= 0.3 is 18.0 Å². The number of likely N-dealkylation sites (tertiary alicyclic amines) is 1. The van der Waals surface area contributed by atoms with E-state index < -0.39 is 59.2 Å². The molecule has 2 fully saturated rings. The van der Waals surface area contributed by atoms with Crippen LogP contribution < -0.4 is 5.32 Å². The van der Waals surface area contributed by atoms with Crippen molar-refractivity contribution in [2.24, 2.45) is 11.8 Å². The molecule has 3 aliphatic heterocycles. The molecule has 0 spiro atoms. The number of carbonyl (C=O) groups excluding carboxylic acids is 2. The first-order valence-electron chi connectivity index (χ1n) is 11.2. The molecule has 2 saturated heterocycles. The largest absolute Gasteiger partial charge is 0.478 e. The van der Waals surface area contributed by atoms with E-state index in [1.807, 2.05) is 0 Å². The maximum atomic E-state index is 12.9. The lowest BCUT2D eigenvalue weighted by atomic mass is 9.79. The minimum Gasteiger partial charge on any atom is -0.478 e. The molecule has 3 heterocycles. The highest BCUT2D eigenvalue weighted by molar-refractivity contribution is 8.03. The first-order valence-corrected chi connectivity index (χ1v) is 12.1. The number of aliphatic carboxylic acids is 1. The molecule has 192 valence electrons. The summed E-state index contributed by atoms with van der Waals surface area (Å²) < 4.78 is 0. The molecule has 0 radical (unpaired) electrons. The number of nitrogens with zero attached hydrogens (tertiary/aromatic N) is 2. The second-order valence-corrected chi connectivity index (χ2v) is 10.4. The van der Waals surface area contributed by atoms with Gasteiger partial charge in [0.05, 0.1) is 23.6 Å². The van der Waals surface area contributed by atoms with Crippen molar-refractivity contribution in [2.45, 2.75) is 43.7 Å². The molecule has 4 rings (SSSR count). The van der Waals surface area contributed by atoms with Gasteiger partial charge in [-0.2, -0.15) is 0 Å². The Morgan fingerprint density at radius 3 is 2.42 bits per heavy atom. The van der Waals surface area contributed by atoms with Crippen molar-refractivity contribution in [3.8, 4) is 0 Å². The van der Waals surface area contributed by atoms with Crippen LogP contribution in [-0.4, -0.2) is 90.1 Å². The zero-order valence-electron chi connectivity index (χ0n) is 19.3. The minimum absolute atomic E-state index is 0.0409. The third-order valence-corrected chi connectivity index (χ3v) is 8.29. The molecule has 0 aliphatic carbocycles. The van der Waals surface area contributed by atoms with Crippen LogP contribution in [0.1, 0.15) is 30.6 Å². The van der Waals surface area contributed by atoms with E-state index in [-0.39, 0.29) is 35.8 Å². The van der Waals surface area contributed by atoms with Crippen LogP contribution >= 0.6 is 11.8 Å². The Morgan fingerprint density at radius 1 is 1.14 bits per heavy atom. The van der Waals surface area contributed by atoms with Gasteiger partial charge in [-0.15, -0.1) is 11.8 Å². The van der Waals surface area contributed by atoms with Gasteiger partial charge in [0.25, 0.3) is 0 Å². The number of aliphatic hydroxyl groups excluding tert-OH is 1. The average molecular weight is 520 g/mol. The summed E-state index contributed by atoms with van der Waals surface area (Å²) in [5.74, 6) is -4.66. The fraction of sp³-hybridized carbons (Fsp3) is 0.435. The summed E-state index contributed by atoms with van der Waals surface area (Å²) in [6, 6.07) is 3.98. The summed E-state index contributed by atoms with van der Waals surface area (Å²) in [7, 11) is 0. The molecule has 1 aromatic rings. The lowest BCUT2D eigenvalue weighted by Gasteiger charge is -2.46. The number of aromatic carboxylic acids is 1. The van der Waals surface area contributed by atoms with Crippen LogP contribution in [-0.2, 0) is 14.4 Å². The van der Waals surface area contributed by atoms with Crippen LogP contribution in [0, 0.1) is 11.8 Å². The Balaban J connectivity index is 1.53. The Hall–Kier alpha value is -3.58. The van der Waals surface area contributed by atoms with Gasteiger partial charge in [-0.3, -0.25) is 14.5 Å².